The van der Waals surface area contributed by atoms with Gasteiger partial charge in [-0.25, -0.2) is 4.79 Å². The zero-order chi connectivity index (χ0) is 10.0. The molecule has 0 aliphatic carbocycles. The second-order valence-electron chi connectivity index (χ2n) is 2.66. The molecule has 0 heterocycles. The number of carboxylic acid groups (broad SMARTS) is 1. The minimum atomic E-state index is -1.20. The Labute approximate surface area is 75.1 Å². The summed E-state index contributed by atoms with van der Waals surface area (Å²) in [6.07, 6.45) is 0.520. The van der Waals surface area contributed by atoms with E-state index in [9.17, 15) is 9.90 Å². The van der Waals surface area contributed by atoms with Gasteiger partial charge in [-0.1, -0.05) is 6.92 Å². The first-order valence-electron chi connectivity index (χ1n) is 3.84. The highest BCUT2D eigenvalue weighted by Crippen LogP contribution is 2.27. The molecule has 0 radical (unpaired) electrons. The van der Waals surface area contributed by atoms with E-state index >= 15 is 0 Å². The summed E-state index contributed by atoms with van der Waals surface area (Å²) in [5, 5.41) is 27.0. The lowest BCUT2D eigenvalue weighted by Crippen LogP contribution is -1.98. The molecule has 4 heteroatoms. The number of phenols is 2. The van der Waals surface area contributed by atoms with Crippen molar-refractivity contribution in [2.75, 3.05) is 0 Å². The topological polar surface area (TPSA) is 77.8 Å². The van der Waals surface area contributed by atoms with E-state index in [4.69, 9.17) is 10.2 Å². The third-order valence-corrected chi connectivity index (χ3v) is 1.81. The molecule has 0 bridgehead atoms. The maximum absolute atomic E-state index is 10.6. The van der Waals surface area contributed by atoms with Crippen LogP contribution in [-0.4, -0.2) is 21.3 Å². The molecule has 13 heavy (non-hydrogen) atoms. The summed E-state index contributed by atoms with van der Waals surface area (Å²) in [7, 11) is 0. The molecule has 0 unspecified atom stereocenters. The maximum Gasteiger partial charge on any atom is 0.339 e. The Balaban J connectivity index is 3.30. The summed E-state index contributed by atoms with van der Waals surface area (Å²) < 4.78 is 0. The Bertz CT molecular complexity index is 344. The van der Waals surface area contributed by atoms with Gasteiger partial charge >= 0.3 is 5.97 Å². The van der Waals surface area contributed by atoms with Crippen molar-refractivity contribution >= 4 is 5.97 Å². The largest absolute Gasteiger partial charge is 0.508 e. The molecule has 0 spiro atoms. The third-order valence-electron chi connectivity index (χ3n) is 1.81. The SMILES string of the molecule is CCc1cc(C(=O)O)c(O)cc1O. The molecule has 1 aromatic carbocycles. The van der Waals surface area contributed by atoms with Gasteiger partial charge in [-0.05, 0) is 18.1 Å². The zero-order valence-electron chi connectivity index (χ0n) is 7.11. The van der Waals surface area contributed by atoms with Crippen molar-refractivity contribution in [2.45, 2.75) is 13.3 Å². The van der Waals surface area contributed by atoms with Gasteiger partial charge in [-0.3, -0.25) is 0 Å². The minimum absolute atomic E-state index is 0.0787. The van der Waals surface area contributed by atoms with Gasteiger partial charge in [0.1, 0.15) is 17.1 Å². The highest BCUT2D eigenvalue weighted by molar-refractivity contribution is 5.91. The smallest absolute Gasteiger partial charge is 0.339 e. The number of aryl methyl sites for hydroxylation is 1. The van der Waals surface area contributed by atoms with E-state index in [0.29, 0.717) is 12.0 Å². The van der Waals surface area contributed by atoms with E-state index in [1.165, 1.54) is 6.07 Å². The lowest BCUT2D eigenvalue weighted by molar-refractivity contribution is 0.0693. The van der Waals surface area contributed by atoms with Crippen LogP contribution < -0.4 is 0 Å². The first kappa shape index (κ1) is 9.38. The Morgan fingerprint density at radius 2 is 1.92 bits per heavy atom. The van der Waals surface area contributed by atoms with Gasteiger partial charge in [0.05, 0.1) is 0 Å². The molecule has 4 nitrogen and oxygen atoms in total. The quantitative estimate of drug-likeness (QED) is 0.645. The summed E-state index contributed by atoms with van der Waals surface area (Å²) in [4.78, 5) is 10.6. The molecule has 0 aliphatic rings. The highest BCUT2D eigenvalue weighted by Gasteiger charge is 2.12. The van der Waals surface area contributed by atoms with Gasteiger partial charge in [-0.2, -0.15) is 0 Å². The fourth-order valence-corrected chi connectivity index (χ4v) is 1.08. The van der Waals surface area contributed by atoms with E-state index in [2.05, 4.69) is 0 Å². The molecular formula is C9H10O4. The number of aromatic carboxylic acids is 1. The van der Waals surface area contributed by atoms with E-state index in [1.54, 1.807) is 6.92 Å². The van der Waals surface area contributed by atoms with Gasteiger partial charge in [-0.15, -0.1) is 0 Å². The van der Waals surface area contributed by atoms with E-state index in [1.807, 2.05) is 0 Å². The van der Waals surface area contributed by atoms with Crippen LogP contribution in [0.2, 0.25) is 0 Å². The molecule has 1 rings (SSSR count). The summed E-state index contributed by atoms with van der Waals surface area (Å²) >= 11 is 0. The predicted octanol–water partition coefficient (Wildman–Crippen LogP) is 1.36. The Morgan fingerprint density at radius 1 is 1.31 bits per heavy atom. The van der Waals surface area contributed by atoms with Crippen molar-refractivity contribution in [3.05, 3.63) is 23.3 Å². The molecule has 1 aromatic rings. The second-order valence-corrected chi connectivity index (χ2v) is 2.66. The molecule has 0 amide bonds. The van der Waals surface area contributed by atoms with Crippen molar-refractivity contribution in [3.63, 3.8) is 0 Å². The standard InChI is InChI=1S/C9H10O4/c1-2-5-3-6(9(12)13)8(11)4-7(5)10/h3-4,10-11H,2H2,1H3,(H,12,13). The number of aromatic hydroxyl groups is 2. The van der Waals surface area contributed by atoms with Crippen LogP contribution >= 0.6 is 0 Å². The lowest BCUT2D eigenvalue weighted by atomic mass is 10.1. The van der Waals surface area contributed by atoms with E-state index in [-0.39, 0.29) is 11.3 Å². The van der Waals surface area contributed by atoms with E-state index in [0.717, 1.165) is 6.07 Å². The van der Waals surface area contributed by atoms with Crippen molar-refractivity contribution in [2.24, 2.45) is 0 Å². The normalized spacial score (nSPS) is 9.92. The zero-order valence-corrected chi connectivity index (χ0v) is 7.11. The van der Waals surface area contributed by atoms with Gasteiger partial charge in [0.25, 0.3) is 0 Å². The fourth-order valence-electron chi connectivity index (χ4n) is 1.08. The molecule has 0 fully saturated rings. The molecule has 3 N–H and O–H groups in total. The van der Waals surface area contributed by atoms with Crippen LogP contribution in [0.15, 0.2) is 12.1 Å². The van der Waals surface area contributed by atoms with Crippen molar-refractivity contribution < 1.29 is 20.1 Å². The first-order valence-corrected chi connectivity index (χ1v) is 3.84. The van der Waals surface area contributed by atoms with Crippen LogP contribution in [0.25, 0.3) is 0 Å². The number of hydrogen-bond donors (Lipinski definition) is 3. The van der Waals surface area contributed by atoms with Crippen molar-refractivity contribution in [1.82, 2.24) is 0 Å². The summed E-state index contributed by atoms with van der Waals surface area (Å²) in [5.74, 6) is -1.69. The molecule has 0 aromatic heterocycles. The lowest BCUT2D eigenvalue weighted by Gasteiger charge is -2.04. The van der Waals surface area contributed by atoms with Gasteiger partial charge in [0.15, 0.2) is 0 Å². The first-order chi connectivity index (χ1) is 6.06. The summed E-state index contributed by atoms with van der Waals surface area (Å²) in [5.41, 5.74) is 0.324. The van der Waals surface area contributed by atoms with E-state index < -0.39 is 11.7 Å². The molecule has 70 valence electrons. The van der Waals surface area contributed by atoms with Gasteiger partial charge in [0.2, 0.25) is 0 Å². The van der Waals surface area contributed by atoms with Crippen LogP contribution in [0, 0.1) is 0 Å². The number of benzene rings is 1. The number of rotatable bonds is 2. The summed E-state index contributed by atoms with van der Waals surface area (Å²) in [6, 6.07) is 2.31. The van der Waals surface area contributed by atoms with Crippen LogP contribution in [0.4, 0.5) is 0 Å². The van der Waals surface area contributed by atoms with Gasteiger partial charge in [0, 0.05) is 6.07 Å². The Kier molecular flexibility index (Phi) is 2.41. The molecular weight excluding hydrogens is 172 g/mol. The third kappa shape index (κ3) is 1.72. The molecule has 0 saturated carbocycles. The fraction of sp³-hybridized carbons (Fsp3) is 0.222. The Hall–Kier alpha value is -1.71. The number of carboxylic acids is 1. The monoisotopic (exact) mass is 182 g/mol. The average molecular weight is 182 g/mol. The highest BCUT2D eigenvalue weighted by atomic mass is 16.4. The maximum atomic E-state index is 10.6. The molecule has 0 saturated heterocycles. The van der Waals surface area contributed by atoms with Crippen LogP contribution in [0.3, 0.4) is 0 Å². The van der Waals surface area contributed by atoms with Crippen LogP contribution in [-0.2, 0) is 6.42 Å². The summed E-state index contributed by atoms with van der Waals surface area (Å²) in [6.45, 7) is 1.79. The minimum Gasteiger partial charge on any atom is -0.508 e. The average Bonchev–Trinajstić information content (AvgIpc) is 2.03. The van der Waals surface area contributed by atoms with Crippen LogP contribution in [0.5, 0.6) is 11.5 Å². The van der Waals surface area contributed by atoms with Gasteiger partial charge < -0.3 is 15.3 Å². The van der Waals surface area contributed by atoms with Crippen molar-refractivity contribution in [3.8, 4) is 11.5 Å². The molecule has 0 atom stereocenters. The molecule has 0 aliphatic heterocycles. The second kappa shape index (κ2) is 3.35. The number of phenolic OH excluding ortho intramolecular Hbond substituents is 1. The Morgan fingerprint density at radius 3 is 2.38 bits per heavy atom. The number of carbonyl (C=O) groups is 1. The number of hydrogen-bond acceptors (Lipinski definition) is 3. The van der Waals surface area contributed by atoms with Crippen LogP contribution in [0.1, 0.15) is 22.8 Å². The van der Waals surface area contributed by atoms with Crippen molar-refractivity contribution in [1.29, 1.82) is 0 Å². The predicted molar refractivity (Wildman–Crippen MR) is 46.1 cm³/mol.